The van der Waals surface area contributed by atoms with Crippen LogP contribution in [0.5, 0.6) is 0 Å². The summed E-state index contributed by atoms with van der Waals surface area (Å²) >= 11 is 6.03. The van der Waals surface area contributed by atoms with E-state index in [2.05, 4.69) is 23.9 Å². The standard InChI is InChI=1S/C18H24ClN3O2/c1-4-6-8-16-20-15-11-10-13(19)12-14(15)18(23)22(16)21-17(24-3)9-7-5-2/h10-12H,4-9H2,1-3H3/b21-17+. The predicted octanol–water partition coefficient (Wildman–Crippen LogP) is 4.39. The third-order valence-corrected chi connectivity index (χ3v) is 4.06. The van der Waals surface area contributed by atoms with Crippen molar-refractivity contribution in [3.05, 3.63) is 39.4 Å². The van der Waals surface area contributed by atoms with Gasteiger partial charge in [-0.3, -0.25) is 4.79 Å². The number of nitrogens with zero attached hydrogens (tertiary/aromatic N) is 3. The zero-order chi connectivity index (χ0) is 17.5. The lowest BCUT2D eigenvalue weighted by Crippen LogP contribution is -2.24. The van der Waals surface area contributed by atoms with Gasteiger partial charge in [0.2, 0.25) is 5.90 Å². The Morgan fingerprint density at radius 3 is 2.71 bits per heavy atom. The lowest BCUT2D eigenvalue weighted by Gasteiger charge is -2.11. The van der Waals surface area contributed by atoms with E-state index in [9.17, 15) is 4.79 Å². The molecule has 0 bridgehead atoms. The van der Waals surface area contributed by atoms with Crippen LogP contribution in [-0.2, 0) is 11.2 Å². The molecular weight excluding hydrogens is 326 g/mol. The Morgan fingerprint density at radius 1 is 1.29 bits per heavy atom. The third-order valence-electron chi connectivity index (χ3n) is 3.82. The predicted molar refractivity (Wildman–Crippen MR) is 99.0 cm³/mol. The third kappa shape index (κ3) is 4.35. The topological polar surface area (TPSA) is 56.5 Å². The number of aromatic nitrogens is 2. The van der Waals surface area contributed by atoms with Crippen molar-refractivity contribution in [3.8, 4) is 0 Å². The van der Waals surface area contributed by atoms with E-state index in [1.807, 2.05) is 0 Å². The van der Waals surface area contributed by atoms with Crippen molar-refractivity contribution in [2.75, 3.05) is 7.11 Å². The fourth-order valence-electron chi connectivity index (χ4n) is 2.43. The van der Waals surface area contributed by atoms with Crippen LogP contribution in [0.3, 0.4) is 0 Å². The number of hydrogen-bond acceptors (Lipinski definition) is 4. The second-order valence-electron chi connectivity index (χ2n) is 5.71. The molecule has 130 valence electrons. The molecule has 1 heterocycles. The molecule has 2 aromatic rings. The van der Waals surface area contributed by atoms with Crippen molar-refractivity contribution in [2.24, 2.45) is 5.10 Å². The zero-order valence-electron chi connectivity index (χ0n) is 14.5. The van der Waals surface area contributed by atoms with E-state index in [4.69, 9.17) is 16.3 Å². The largest absolute Gasteiger partial charge is 0.483 e. The van der Waals surface area contributed by atoms with Gasteiger partial charge in [0, 0.05) is 17.9 Å². The van der Waals surface area contributed by atoms with Crippen molar-refractivity contribution >= 4 is 28.4 Å². The average molecular weight is 350 g/mol. The van der Waals surface area contributed by atoms with Crippen LogP contribution in [0.1, 0.15) is 51.8 Å². The lowest BCUT2D eigenvalue weighted by molar-refractivity contribution is 0.381. The maximum Gasteiger partial charge on any atom is 0.282 e. The van der Waals surface area contributed by atoms with Gasteiger partial charge in [-0.1, -0.05) is 38.3 Å². The summed E-state index contributed by atoms with van der Waals surface area (Å²) in [5, 5.41) is 5.42. The molecule has 1 aromatic heterocycles. The summed E-state index contributed by atoms with van der Waals surface area (Å²) in [7, 11) is 1.58. The Balaban J connectivity index is 2.60. The molecule has 24 heavy (non-hydrogen) atoms. The molecule has 0 unspecified atom stereocenters. The van der Waals surface area contributed by atoms with Gasteiger partial charge in [0.1, 0.15) is 5.82 Å². The molecule has 0 spiro atoms. The number of rotatable bonds is 7. The van der Waals surface area contributed by atoms with Crippen molar-refractivity contribution in [3.63, 3.8) is 0 Å². The molecule has 0 aliphatic heterocycles. The molecule has 0 saturated carbocycles. The summed E-state index contributed by atoms with van der Waals surface area (Å²) in [5.41, 5.74) is 0.439. The SMILES string of the molecule is CCCC/C(=N\n1c(CCCC)nc2ccc(Cl)cc2c1=O)OC. The minimum absolute atomic E-state index is 0.209. The first-order valence-electron chi connectivity index (χ1n) is 8.43. The van der Waals surface area contributed by atoms with Crippen molar-refractivity contribution in [1.82, 2.24) is 9.66 Å². The Bertz CT molecular complexity index is 784. The van der Waals surface area contributed by atoms with Gasteiger partial charge >= 0.3 is 0 Å². The number of ether oxygens (including phenoxy) is 1. The van der Waals surface area contributed by atoms with Crippen LogP contribution >= 0.6 is 11.6 Å². The zero-order valence-corrected chi connectivity index (χ0v) is 15.3. The molecule has 0 amide bonds. The molecular formula is C18H24ClN3O2. The van der Waals surface area contributed by atoms with Crippen molar-refractivity contribution < 1.29 is 4.74 Å². The molecule has 2 rings (SSSR count). The number of unbranched alkanes of at least 4 members (excludes halogenated alkanes) is 2. The fourth-order valence-corrected chi connectivity index (χ4v) is 2.60. The minimum atomic E-state index is -0.209. The molecule has 0 fully saturated rings. The molecule has 6 heteroatoms. The summed E-state index contributed by atoms with van der Waals surface area (Å²) in [4.78, 5) is 17.5. The highest BCUT2D eigenvalue weighted by atomic mass is 35.5. The van der Waals surface area contributed by atoms with E-state index in [1.165, 1.54) is 4.68 Å². The van der Waals surface area contributed by atoms with E-state index < -0.39 is 0 Å². The Labute approximate surface area is 147 Å². The molecule has 0 saturated heterocycles. The maximum atomic E-state index is 12.9. The van der Waals surface area contributed by atoms with Gasteiger partial charge < -0.3 is 4.74 Å². The number of aryl methyl sites for hydroxylation is 1. The summed E-state index contributed by atoms with van der Waals surface area (Å²) in [5.74, 6) is 1.20. The van der Waals surface area contributed by atoms with E-state index in [-0.39, 0.29) is 5.56 Å². The highest BCUT2D eigenvalue weighted by molar-refractivity contribution is 6.31. The number of halogens is 1. The van der Waals surface area contributed by atoms with Crippen LogP contribution in [0.4, 0.5) is 0 Å². The van der Waals surface area contributed by atoms with Gasteiger partial charge in [0.15, 0.2) is 0 Å². The average Bonchev–Trinajstić information content (AvgIpc) is 2.59. The van der Waals surface area contributed by atoms with Crippen LogP contribution in [0.25, 0.3) is 10.9 Å². The number of fused-ring (bicyclic) bond motifs is 1. The lowest BCUT2D eigenvalue weighted by atomic mass is 10.2. The summed E-state index contributed by atoms with van der Waals surface area (Å²) < 4.78 is 6.72. The smallest absolute Gasteiger partial charge is 0.282 e. The highest BCUT2D eigenvalue weighted by Crippen LogP contribution is 2.16. The Morgan fingerprint density at radius 2 is 2.04 bits per heavy atom. The van der Waals surface area contributed by atoms with Crippen molar-refractivity contribution in [1.29, 1.82) is 0 Å². The molecule has 0 N–H and O–H groups in total. The van der Waals surface area contributed by atoms with E-state index >= 15 is 0 Å². The molecule has 0 aliphatic carbocycles. The van der Waals surface area contributed by atoms with Crippen LogP contribution in [0.2, 0.25) is 5.02 Å². The van der Waals surface area contributed by atoms with Gasteiger partial charge in [-0.05, 0) is 31.0 Å². The van der Waals surface area contributed by atoms with E-state index in [1.54, 1.807) is 25.3 Å². The van der Waals surface area contributed by atoms with Gasteiger partial charge in [-0.2, -0.15) is 4.68 Å². The second-order valence-corrected chi connectivity index (χ2v) is 6.15. The van der Waals surface area contributed by atoms with Gasteiger partial charge in [0.05, 0.1) is 18.0 Å². The molecule has 5 nitrogen and oxygen atoms in total. The first-order chi connectivity index (χ1) is 11.6. The fraction of sp³-hybridized carbons (Fsp3) is 0.500. The normalized spacial score (nSPS) is 11.9. The quantitative estimate of drug-likeness (QED) is 0.550. The molecule has 0 aliphatic rings. The molecule has 0 atom stereocenters. The van der Waals surface area contributed by atoms with Gasteiger partial charge in [0.25, 0.3) is 5.56 Å². The van der Waals surface area contributed by atoms with Gasteiger partial charge in [-0.15, -0.1) is 5.10 Å². The van der Waals surface area contributed by atoms with Crippen LogP contribution < -0.4 is 5.56 Å². The van der Waals surface area contributed by atoms with E-state index in [0.717, 1.165) is 25.7 Å². The van der Waals surface area contributed by atoms with Crippen molar-refractivity contribution in [2.45, 2.75) is 52.4 Å². The first kappa shape index (κ1) is 18.5. The molecule has 1 aromatic carbocycles. The minimum Gasteiger partial charge on any atom is -0.483 e. The highest BCUT2D eigenvalue weighted by Gasteiger charge is 2.12. The van der Waals surface area contributed by atoms with Crippen LogP contribution in [0.15, 0.2) is 28.1 Å². The molecule has 0 radical (unpaired) electrons. The first-order valence-corrected chi connectivity index (χ1v) is 8.81. The monoisotopic (exact) mass is 349 g/mol. The Hall–Kier alpha value is -1.88. The van der Waals surface area contributed by atoms with Crippen LogP contribution in [-0.4, -0.2) is 22.7 Å². The Kier molecular flexibility index (Phi) is 6.79. The number of benzene rings is 1. The summed E-state index contributed by atoms with van der Waals surface area (Å²) in [6.45, 7) is 4.21. The number of hydrogen-bond donors (Lipinski definition) is 0. The number of methoxy groups -OCH3 is 1. The summed E-state index contributed by atoms with van der Waals surface area (Å²) in [6, 6.07) is 5.16. The maximum absolute atomic E-state index is 12.9. The second kappa shape index (κ2) is 8.83. The van der Waals surface area contributed by atoms with E-state index in [0.29, 0.717) is 40.5 Å². The van der Waals surface area contributed by atoms with Crippen LogP contribution in [0, 0.1) is 0 Å². The summed E-state index contributed by atoms with van der Waals surface area (Å²) in [6.07, 6.45) is 5.34. The van der Waals surface area contributed by atoms with Gasteiger partial charge in [-0.25, -0.2) is 4.98 Å².